The maximum absolute atomic E-state index is 13.1. The smallest absolute Gasteiger partial charge is 0.240 e. The molecule has 24 heavy (non-hydrogen) atoms. The highest BCUT2D eigenvalue weighted by Gasteiger charge is 2.17. The fourth-order valence-electron chi connectivity index (χ4n) is 2.38. The van der Waals surface area contributed by atoms with Gasteiger partial charge in [-0.05, 0) is 30.3 Å². The van der Waals surface area contributed by atoms with Gasteiger partial charge in [-0.1, -0.05) is 0 Å². The summed E-state index contributed by atoms with van der Waals surface area (Å²) in [6.45, 7) is 0.0745. The lowest BCUT2D eigenvalue weighted by molar-refractivity contribution is 0.131. The summed E-state index contributed by atoms with van der Waals surface area (Å²) in [6, 6.07) is 7.39. The van der Waals surface area contributed by atoms with Gasteiger partial charge in [0.25, 0.3) is 0 Å². The third-order valence-electron chi connectivity index (χ3n) is 3.46. The number of nitrogens with two attached hydrogens (primary N) is 1. The summed E-state index contributed by atoms with van der Waals surface area (Å²) in [6.07, 6.45) is 0.211. The van der Waals surface area contributed by atoms with Gasteiger partial charge in [0.15, 0.2) is 0 Å². The zero-order valence-corrected chi connectivity index (χ0v) is 12.5. The van der Waals surface area contributed by atoms with E-state index in [9.17, 15) is 13.2 Å². The Morgan fingerprint density at radius 1 is 1.08 bits per heavy atom. The molecule has 1 aromatic carbocycles. The van der Waals surface area contributed by atoms with Crippen molar-refractivity contribution in [1.29, 1.82) is 0 Å². The third kappa shape index (κ3) is 3.37. The Kier molecular flexibility index (Phi) is 4.45. The van der Waals surface area contributed by atoms with E-state index in [0.717, 1.165) is 0 Å². The highest BCUT2D eigenvalue weighted by Crippen LogP contribution is 2.30. The van der Waals surface area contributed by atoms with E-state index in [1.165, 1.54) is 24.7 Å². The molecular formula is C16H14F3N5. The van der Waals surface area contributed by atoms with Crippen LogP contribution in [-0.4, -0.2) is 25.9 Å². The molecule has 0 amide bonds. The molecule has 0 aliphatic rings. The van der Waals surface area contributed by atoms with E-state index < -0.39 is 6.43 Å². The molecule has 0 saturated heterocycles. The SMILES string of the molecule is Nc1nccc(-c2c(-c3ccc(F)cc3)ncn2CCC(F)F)n1. The van der Waals surface area contributed by atoms with E-state index in [1.807, 2.05) is 0 Å². The minimum atomic E-state index is -2.43. The number of nitrogen functional groups attached to an aromatic ring is 1. The Hall–Kier alpha value is -2.90. The standard InChI is InChI=1S/C16H14F3N5/c17-11-3-1-10(2-4-11)14-15(12-5-7-21-16(20)23-12)24(9-22-14)8-6-13(18)19/h1-5,7,9,13H,6,8H2,(H2,20,21,23). The van der Waals surface area contributed by atoms with Crippen molar-refractivity contribution in [2.75, 3.05) is 5.73 Å². The van der Waals surface area contributed by atoms with Crippen LogP contribution in [0.4, 0.5) is 19.1 Å². The Morgan fingerprint density at radius 2 is 1.83 bits per heavy atom. The van der Waals surface area contributed by atoms with Gasteiger partial charge in [-0.3, -0.25) is 0 Å². The molecule has 0 fully saturated rings. The van der Waals surface area contributed by atoms with Crippen molar-refractivity contribution < 1.29 is 13.2 Å². The lowest BCUT2D eigenvalue weighted by Crippen LogP contribution is -2.05. The molecule has 0 atom stereocenters. The average Bonchev–Trinajstić information content (AvgIpc) is 2.97. The van der Waals surface area contributed by atoms with Crippen LogP contribution in [0.15, 0.2) is 42.9 Å². The summed E-state index contributed by atoms with van der Waals surface area (Å²) < 4.78 is 39.9. The van der Waals surface area contributed by atoms with Crippen molar-refractivity contribution in [2.45, 2.75) is 19.4 Å². The molecule has 5 nitrogen and oxygen atoms in total. The molecule has 0 spiro atoms. The molecule has 0 aliphatic heterocycles. The van der Waals surface area contributed by atoms with Gasteiger partial charge in [-0.2, -0.15) is 0 Å². The molecule has 8 heteroatoms. The van der Waals surface area contributed by atoms with Crippen LogP contribution in [0.5, 0.6) is 0 Å². The van der Waals surface area contributed by atoms with Gasteiger partial charge in [0.1, 0.15) is 5.82 Å². The van der Waals surface area contributed by atoms with Crippen molar-refractivity contribution >= 4 is 5.95 Å². The first-order chi connectivity index (χ1) is 11.5. The largest absolute Gasteiger partial charge is 0.368 e. The number of anilines is 1. The molecule has 2 heterocycles. The molecule has 0 bridgehead atoms. The summed E-state index contributed by atoms with van der Waals surface area (Å²) in [7, 11) is 0. The third-order valence-corrected chi connectivity index (χ3v) is 3.46. The van der Waals surface area contributed by atoms with Gasteiger partial charge in [0.05, 0.1) is 23.4 Å². The number of rotatable bonds is 5. The molecule has 124 valence electrons. The number of aryl methyl sites for hydroxylation is 1. The summed E-state index contributed by atoms with van der Waals surface area (Å²) in [5, 5.41) is 0. The first-order valence-corrected chi connectivity index (χ1v) is 7.22. The number of halogens is 3. The number of alkyl halides is 2. The van der Waals surface area contributed by atoms with E-state index in [4.69, 9.17) is 5.73 Å². The minimum Gasteiger partial charge on any atom is -0.368 e. The first kappa shape index (κ1) is 16.0. The number of aromatic nitrogens is 4. The Labute approximate surface area is 136 Å². The van der Waals surface area contributed by atoms with Gasteiger partial charge in [0, 0.05) is 24.7 Å². The highest BCUT2D eigenvalue weighted by molar-refractivity contribution is 5.77. The van der Waals surface area contributed by atoms with Crippen molar-refractivity contribution in [2.24, 2.45) is 0 Å². The summed E-state index contributed by atoms with van der Waals surface area (Å²) in [5.41, 5.74) is 7.80. The number of benzene rings is 1. The first-order valence-electron chi connectivity index (χ1n) is 7.22. The topological polar surface area (TPSA) is 69.6 Å². The van der Waals surface area contributed by atoms with Gasteiger partial charge in [-0.15, -0.1) is 0 Å². The molecule has 0 aliphatic carbocycles. The van der Waals surface area contributed by atoms with Crippen LogP contribution in [-0.2, 0) is 6.54 Å². The maximum Gasteiger partial charge on any atom is 0.240 e. The lowest BCUT2D eigenvalue weighted by atomic mass is 10.1. The second kappa shape index (κ2) is 6.69. The van der Waals surface area contributed by atoms with E-state index in [2.05, 4.69) is 15.0 Å². The van der Waals surface area contributed by atoms with Gasteiger partial charge >= 0.3 is 0 Å². The van der Waals surface area contributed by atoms with E-state index >= 15 is 0 Å². The fourth-order valence-corrected chi connectivity index (χ4v) is 2.38. The van der Waals surface area contributed by atoms with Crippen LogP contribution in [0, 0.1) is 5.82 Å². The van der Waals surface area contributed by atoms with E-state index in [0.29, 0.717) is 22.6 Å². The van der Waals surface area contributed by atoms with Crippen molar-refractivity contribution in [3.63, 3.8) is 0 Å². The molecule has 3 aromatic rings. The number of hydrogen-bond donors (Lipinski definition) is 1. The number of imidazole rings is 1. The number of nitrogens with zero attached hydrogens (tertiary/aromatic N) is 4. The Balaban J connectivity index is 2.10. The second-order valence-corrected chi connectivity index (χ2v) is 5.12. The van der Waals surface area contributed by atoms with Crippen LogP contribution < -0.4 is 5.73 Å². The molecule has 3 rings (SSSR count). The average molecular weight is 333 g/mol. The van der Waals surface area contributed by atoms with Crippen LogP contribution >= 0.6 is 0 Å². The van der Waals surface area contributed by atoms with Crippen LogP contribution in [0.1, 0.15) is 6.42 Å². The van der Waals surface area contributed by atoms with Gasteiger partial charge in [0.2, 0.25) is 12.4 Å². The Bertz CT molecular complexity index is 830. The second-order valence-electron chi connectivity index (χ2n) is 5.12. The molecule has 0 unspecified atom stereocenters. The summed E-state index contributed by atoms with van der Waals surface area (Å²) in [4.78, 5) is 12.3. The van der Waals surface area contributed by atoms with Crippen LogP contribution in [0.3, 0.4) is 0 Å². The highest BCUT2D eigenvalue weighted by atomic mass is 19.3. The zero-order chi connectivity index (χ0) is 17.1. The van der Waals surface area contributed by atoms with Crippen molar-refractivity contribution in [3.8, 4) is 22.6 Å². The number of hydrogen-bond acceptors (Lipinski definition) is 4. The minimum absolute atomic E-state index is 0.0687. The maximum atomic E-state index is 13.1. The zero-order valence-electron chi connectivity index (χ0n) is 12.5. The van der Waals surface area contributed by atoms with Crippen LogP contribution in [0.25, 0.3) is 22.6 Å². The predicted molar refractivity (Wildman–Crippen MR) is 83.7 cm³/mol. The summed E-state index contributed by atoms with van der Waals surface area (Å²) >= 11 is 0. The molecule has 2 N–H and O–H groups in total. The van der Waals surface area contributed by atoms with Crippen molar-refractivity contribution in [1.82, 2.24) is 19.5 Å². The quantitative estimate of drug-likeness (QED) is 0.777. The molecule has 0 saturated carbocycles. The molecule has 2 aromatic heterocycles. The lowest BCUT2D eigenvalue weighted by Gasteiger charge is -2.10. The van der Waals surface area contributed by atoms with Gasteiger partial charge < -0.3 is 10.3 Å². The molecule has 0 radical (unpaired) electrons. The van der Waals surface area contributed by atoms with Gasteiger partial charge in [-0.25, -0.2) is 28.1 Å². The normalized spacial score (nSPS) is 11.2. The summed E-state index contributed by atoms with van der Waals surface area (Å²) in [5.74, 6) is -0.303. The Morgan fingerprint density at radius 3 is 2.50 bits per heavy atom. The van der Waals surface area contributed by atoms with Crippen molar-refractivity contribution in [3.05, 3.63) is 48.7 Å². The monoisotopic (exact) mass is 333 g/mol. The van der Waals surface area contributed by atoms with E-state index in [-0.39, 0.29) is 24.7 Å². The predicted octanol–water partition coefficient (Wildman–Crippen LogP) is 3.38. The van der Waals surface area contributed by atoms with E-state index in [1.54, 1.807) is 22.8 Å². The fraction of sp³-hybridized carbons (Fsp3) is 0.188. The van der Waals surface area contributed by atoms with Crippen LogP contribution in [0.2, 0.25) is 0 Å². The molecular weight excluding hydrogens is 319 g/mol.